The van der Waals surface area contributed by atoms with Gasteiger partial charge in [0, 0.05) is 6.04 Å². The molecule has 1 unspecified atom stereocenters. The van der Waals surface area contributed by atoms with E-state index in [4.69, 9.17) is 15.2 Å². The minimum atomic E-state index is 0. The molecule has 3 nitrogen and oxygen atoms in total. The van der Waals surface area contributed by atoms with Crippen LogP contribution < -0.4 is 15.2 Å². The maximum Gasteiger partial charge on any atom is 0.161 e. The van der Waals surface area contributed by atoms with Crippen LogP contribution >= 0.6 is 12.4 Å². The van der Waals surface area contributed by atoms with Gasteiger partial charge in [0.05, 0.1) is 14.2 Å². The Morgan fingerprint density at radius 3 is 1.94 bits per heavy atom. The average Bonchev–Trinajstić information content (AvgIpc) is 2.37. The highest BCUT2D eigenvalue weighted by atomic mass is 35.5. The van der Waals surface area contributed by atoms with Crippen molar-refractivity contribution >= 4 is 12.4 Å². The van der Waals surface area contributed by atoms with Crippen LogP contribution in [0.2, 0.25) is 0 Å². The molecule has 4 heteroatoms. The first-order valence-electron chi connectivity index (χ1n) is 6.15. The molecule has 0 aliphatic rings. The topological polar surface area (TPSA) is 44.5 Å². The van der Waals surface area contributed by atoms with Crippen LogP contribution in [0.4, 0.5) is 0 Å². The van der Waals surface area contributed by atoms with Crippen LogP contribution in [0.15, 0.2) is 12.1 Å². The number of nitrogens with two attached hydrogens (primary N) is 1. The minimum absolute atomic E-state index is 0. The highest BCUT2D eigenvalue weighted by molar-refractivity contribution is 5.85. The van der Waals surface area contributed by atoms with Gasteiger partial charge >= 0.3 is 0 Å². The molecule has 0 fully saturated rings. The third-order valence-electron chi connectivity index (χ3n) is 3.09. The Hall–Kier alpha value is -0.930. The molecule has 0 aromatic heterocycles. The molecular weight excluding hydrogens is 250 g/mol. The molecule has 1 rings (SSSR count). The van der Waals surface area contributed by atoms with Crippen molar-refractivity contribution in [3.05, 3.63) is 23.3 Å². The van der Waals surface area contributed by atoms with Gasteiger partial charge in [-0.3, -0.25) is 0 Å². The first kappa shape index (κ1) is 17.1. The standard InChI is InChI=1S/C14H23NO2.ClH/c1-5-10-8-13(16-3)14(17-4)9-11(10)7-12(15)6-2;/h8-9,12H,5-7,15H2,1-4H3;1H. The second-order valence-corrected chi connectivity index (χ2v) is 4.20. The number of rotatable bonds is 6. The van der Waals surface area contributed by atoms with E-state index in [0.717, 1.165) is 30.8 Å². The van der Waals surface area contributed by atoms with Gasteiger partial charge in [0.15, 0.2) is 11.5 Å². The number of ether oxygens (including phenoxy) is 2. The summed E-state index contributed by atoms with van der Waals surface area (Å²) in [5.41, 5.74) is 8.57. The van der Waals surface area contributed by atoms with E-state index in [1.807, 2.05) is 6.07 Å². The van der Waals surface area contributed by atoms with E-state index in [0.29, 0.717) is 0 Å². The van der Waals surface area contributed by atoms with Crippen LogP contribution in [0.1, 0.15) is 31.4 Å². The van der Waals surface area contributed by atoms with Crippen molar-refractivity contribution in [1.29, 1.82) is 0 Å². The first-order valence-corrected chi connectivity index (χ1v) is 6.15. The summed E-state index contributed by atoms with van der Waals surface area (Å²) in [6.45, 7) is 4.25. The Balaban J connectivity index is 0.00000289. The van der Waals surface area contributed by atoms with Crippen molar-refractivity contribution in [3.63, 3.8) is 0 Å². The van der Waals surface area contributed by atoms with Crippen LogP contribution in [0.25, 0.3) is 0 Å². The largest absolute Gasteiger partial charge is 0.493 e. The van der Waals surface area contributed by atoms with E-state index in [1.54, 1.807) is 14.2 Å². The molecule has 0 saturated carbocycles. The van der Waals surface area contributed by atoms with Gasteiger partial charge in [-0.1, -0.05) is 13.8 Å². The third kappa shape index (κ3) is 4.07. The third-order valence-corrected chi connectivity index (χ3v) is 3.09. The van der Waals surface area contributed by atoms with Gasteiger partial charge < -0.3 is 15.2 Å². The van der Waals surface area contributed by atoms with E-state index < -0.39 is 0 Å². The zero-order valence-corrected chi connectivity index (χ0v) is 12.5. The minimum Gasteiger partial charge on any atom is -0.493 e. The van der Waals surface area contributed by atoms with Gasteiger partial charge in [-0.15, -0.1) is 12.4 Å². The molecule has 0 bridgehead atoms. The molecule has 0 spiro atoms. The molecule has 0 heterocycles. The lowest BCUT2D eigenvalue weighted by Gasteiger charge is -2.16. The zero-order chi connectivity index (χ0) is 12.8. The second kappa shape index (κ2) is 8.22. The maximum atomic E-state index is 6.02. The lowest BCUT2D eigenvalue weighted by atomic mass is 9.97. The van der Waals surface area contributed by atoms with Gasteiger partial charge in [-0.25, -0.2) is 0 Å². The number of methoxy groups -OCH3 is 2. The number of aryl methyl sites for hydroxylation is 1. The summed E-state index contributed by atoms with van der Waals surface area (Å²) in [5, 5.41) is 0. The second-order valence-electron chi connectivity index (χ2n) is 4.20. The molecule has 0 aliphatic carbocycles. The predicted molar refractivity (Wildman–Crippen MR) is 78.1 cm³/mol. The zero-order valence-electron chi connectivity index (χ0n) is 11.7. The fraction of sp³-hybridized carbons (Fsp3) is 0.571. The molecule has 1 atom stereocenters. The quantitative estimate of drug-likeness (QED) is 0.867. The molecule has 1 aromatic carbocycles. The Bertz CT molecular complexity index is 369. The Kier molecular flexibility index (Phi) is 7.80. The molecule has 0 amide bonds. The fourth-order valence-corrected chi connectivity index (χ4v) is 1.91. The summed E-state index contributed by atoms with van der Waals surface area (Å²) in [5.74, 6) is 1.57. The van der Waals surface area contributed by atoms with Gasteiger partial charge in [-0.05, 0) is 42.5 Å². The maximum absolute atomic E-state index is 6.02. The van der Waals surface area contributed by atoms with Crippen LogP contribution in [0.3, 0.4) is 0 Å². The van der Waals surface area contributed by atoms with Crippen LogP contribution in [0.5, 0.6) is 11.5 Å². The van der Waals surface area contributed by atoms with Gasteiger partial charge in [0.2, 0.25) is 0 Å². The smallest absolute Gasteiger partial charge is 0.161 e. The van der Waals surface area contributed by atoms with Crippen molar-refractivity contribution in [2.75, 3.05) is 14.2 Å². The Morgan fingerprint density at radius 1 is 1.06 bits per heavy atom. The summed E-state index contributed by atoms with van der Waals surface area (Å²) >= 11 is 0. The van der Waals surface area contributed by atoms with Crippen molar-refractivity contribution in [2.24, 2.45) is 5.73 Å². The number of halogens is 1. The molecule has 1 aromatic rings. The monoisotopic (exact) mass is 273 g/mol. The number of hydrogen-bond donors (Lipinski definition) is 1. The molecule has 0 saturated heterocycles. The highest BCUT2D eigenvalue weighted by Crippen LogP contribution is 2.31. The Labute approximate surface area is 116 Å². The lowest BCUT2D eigenvalue weighted by molar-refractivity contribution is 0.354. The average molecular weight is 274 g/mol. The van der Waals surface area contributed by atoms with Crippen LogP contribution in [-0.4, -0.2) is 20.3 Å². The van der Waals surface area contributed by atoms with E-state index in [9.17, 15) is 0 Å². The molecule has 104 valence electrons. The Morgan fingerprint density at radius 2 is 1.56 bits per heavy atom. The van der Waals surface area contributed by atoms with Crippen LogP contribution in [0, 0.1) is 0 Å². The molecule has 0 aliphatic heterocycles. The van der Waals surface area contributed by atoms with E-state index in [1.165, 1.54) is 11.1 Å². The van der Waals surface area contributed by atoms with Crippen molar-refractivity contribution in [1.82, 2.24) is 0 Å². The lowest BCUT2D eigenvalue weighted by Crippen LogP contribution is -2.22. The van der Waals surface area contributed by atoms with Gasteiger partial charge in [-0.2, -0.15) is 0 Å². The van der Waals surface area contributed by atoms with Crippen molar-refractivity contribution < 1.29 is 9.47 Å². The van der Waals surface area contributed by atoms with E-state index >= 15 is 0 Å². The van der Waals surface area contributed by atoms with Crippen LogP contribution in [-0.2, 0) is 12.8 Å². The van der Waals surface area contributed by atoms with E-state index in [2.05, 4.69) is 19.9 Å². The summed E-state index contributed by atoms with van der Waals surface area (Å²) in [4.78, 5) is 0. The summed E-state index contributed by atoms with van der Waals surface area (Å²) in [6.07, 6.45) is 2.85. The molecule has 2 N–H and O–H groups in total. The fourth-order valence-electron chi connectivity index (χ4n) is 1.91. The molecule has 18 heavy (non-hydrogen) atoms. The SMILES string of the molecule is CCc1cc(OC)c(OC)cc1CC(N)CC.Cl. The first-order chi connectivity index (χ1) is 8.15. The summed E-state index contributed by atoms with van der Waals surface area (Å²) < 4.78 is 10.6. The van der Waals surface area contributed by atoms with Gasteiger partial charge in [0.25, 0.3) is 0 Å². The van der Waals surface area contributed by atoms with Crippen molar-refractivity contribution in [2.45, 2.75) is 39.2 Å². The number of benzene rings is 1. The normalized spacial score (nSPS) is 11.6. The molecule has 0 radical (unpaired) electrons. The van der Waals surface area contributed by atoms with E-state index in [-0.39, 0.29) is 18.4 Å². The number of hydrogen-bond acceptors (Lipinski definition) is 3. The highest BCUT2D eigenvalue weighted by Gasteiger charge is 2.12. The summed E-state index contributed by atoms with van der Waals surface area (Å²) in [6, 6.07) is 4.31. The van der Waals surface area contributed by atoms with Crippen molar-refractivity contribution in [3.8, 4) is 11.5 Å². The predicted octanol–water partition coefficient (Wildman–Crippen LogP) is 2.97. The molecular formula is C14H24ClNO2. The summed E-state index contributed by atoms with van der Waals surface area (Å²) in [7, 11) is 3.32. The van der Waals surface area contributed by atoms with Gasteiger partial charge in [0.1, 0.15) is 0 Å².